The van der Waals surface area contributed by atoms with Crippen LogP contribution in [-0.2, 0) is 6.42 Å². The summed E-state index contributed by atoms with van der Waals surface area (Å²) in [6.07, 6.45) is 1.77. The standard InChI is InChI=1S/C9H12N2O/c10-6-3-4-8(12)9-5(6)1-2-7(9)11/h3-4,7,12H,1-2,10-11H2/t7-/m1/s1. The second kappa shape index (κ2) is 2.38. The van der Waals surface area contributed by atoms with Crippen LogP contribution in [0.5, 0.6) is 5.75 Å². The van der Waals surface area contributed by atoms with Crippen LogP contribution >= 0.6 is 0 Å². The Labute approximate surface area is 71.0 Å². The van der Waals surface area contributed by atoms with Crippen molar-refractivity contribution in [2.45, 2.75) is 18.9 Å². The van der Waals surface area contributed by atoms with Gasteiger partial charge in [-0.15, -0.1) is 0 Å². The highest BCUT2D eigenvalue weighted by Crippen LogP contribution is 2.38. The Morgan fingerprint density at radius 1 is 1.42 bits per heavy atom. The summed E-state index contributed by atoms with van der Waals surface area (Å²) in [4.78, 5) is 0. The van der Waals surface area contributed by atoms with Crippen molar-refractivity contribution in [3.63, 3.8) is 0 Å². The fourth-order valence-electron chi connectivity index (χ4n) is 1.81. The number of hydrogen-bond acceptors (Lipinski definition) is 3. The van der Waals surface area contributed by atoms with E-state index in [1.54, 1.807) is 12.1 Å². The molecule has 3 heteroatoms. The predicted octanol–water partition coefficient (Wildman–Crippen LogP) is 0.920. The maximum atomic E-state index is 9.49. The lowest BCUT2D eigenvalue weighted by Gasteiger charge is -2.08. The zero-order valence-corrected chi connectivity index (χ0v) is 6.75. The van der Waals surface area contributed by atoms with Crippen molar-refractivity contribution in [3.05, 3.63) is 23.3 Å². The third-order valence-electron chi connectivity index (χ3n) is 2.45. The molecule has 0 spiro atoms. The van der Waals surface area contributed by atoms with Gasteiger partial charge in [0.15, 0.2) is 0 Å². The highest BCUT2D eigenvalue weighted by molar-refractivity contribution is 5.59. The van der Waals surface area contributed by atoms with E-state index in [1.807, 2.05) is 0 Å². The molecule has 64 valence electrons. The molecule has 1 aromatic carbocycles. The molecule has 0 aliphatic heterocycles. The highest BCUT2D eigenvalue weighted by atomic mass is 16.3. The van der Waals surface area contributed by atoms with Gasteiger partial charge in [-0.1, -0.05) is 0 Å². The Balaban J connectivity index is 2.64. The van der Waals surface area contributed by atoms with Crippen LogP contribution in [0.1, 0.15) is 23.6 Å². The zero-order valence-electron chi connectivity index (χ0n) is 6.75. The minimum atomic E-state index is -0.0384. The van der Waals surface area contributed by atoms with Crippen molar-refractivity contribution in [1.82, 2.24) is 0 Å². The molecule has 0 saturated heterocycles. The van der Waals surface area contributed by atoms with Gasteiger partial charge in [0.25, 0.3) is 0 Å². The molecule has 0 aromatic heterocycles. The van der Waals surface area contributed by atoms with Crippen molar-refractivity contribution in [3.8, 4) is 5.75 Å². The molecule has 12 heavy (non-hydrogen) atoms. The summed E-state index contributed by atoms with van der Waals surface area (Å²) in [7, 11) is 0. The fourth-order valence-corrected chi connectivity index (χ4v) is 1.81. The first kappa shape index (κ1) is 7.43. The average molecular weight is 164 g/mol. The topological polar surface area (TPSA) is 72.3 Å². The first-order valence-electron chi connectivity index (χ1n) is 4.06. The molecule has 0 saturated carbocycles. The second-order valence-electron chi connectivity index (χ2n) is 3.21. The van der Waals surface area contributed by atoms with Crippen LogP contribution in [0, 0.1) is 0 Å². The molecule has 1 aliphatic carbocycles. The van der Waals surface area contributed by atoms with Gasteiger partial charge in [-0.2, -0.15) is 0 Å². The molecule has 0 unspecified atom stereocenters. The molecule has 1 atom stereocenters. The van der Waals surface area contributed by atoms with Gasteiger partial charge in [-0.25, -0.2) is 0 Å². The molecule has 0 heterocycles. The molecular formula is C9H12N2O. The number of anilines is 1. The van der Waals surface area contributed by atoms with Crippen molar-refractivity contribution in [2.24, 2.45) is 5.73 Å². The van der Waals surface area contributed by atoms with Crippen molar-refractivity contribution >= 4 is 5.69 Å². The summed E-state index contributed by atoms with van der Waals surface area (Å²) < 4.78 is 0. The van der Waals surface area contributed by atoms with Crippen LogP contribution in [-0.4, -0.2) is 5.11 Å². The number of phenolic OH excluding ortho intramolecular Hbond substituents is 1. The molecule has 3 nitrogen and oxygen atoms in total. The van der Waals surface area contributed by atoms with E-state index < -0.39 is 0 Å². The largest absolute Gasteiger partial charge is 0.508 e. The molecule has 0 amide bonds. The Bertz CT molecular complexity index is 323. The van der Waals surface area contributed by atoms with E-state index >= 15 is 0 Å². The summed E-state index contributed by atoms with van der Waals surface area (Å²) in [5, 5.41) is 9.49. The molecule has 2 rings (SSSR count). The number of rotatable bonds is 0. The predicted molar refractivity (Wildman–Crippen MR) is 47.8 cm³/mol. The van der Waals surface area contributed by atoms with Crippen LogP contribution < -0.4 is 11.5 Å². The van der Waals surface area contributed by atoms with Crippen LogP contribution in [0.4, 0.5) is 5.69 Å². The summed E-state index contributed by atoms with van der Waals surface area (Å²) in [6, 6.07) is 3.30. The number of hydrogen-bond donors (Lipinski definition) is 3. The van der Waals surface area contributed by atoms with Crippen LogP contribution in [0.2, 0.25) is 0 Å². The van der Waals surface area contributed by atoms with E-state index in [1.165, 1.54) is 0 Å². The van der Waals surface area contributed by atoms with Gasteiger partial charge in [0.05, 0.1) is 0 Å². The van der Waals surface area contributed by atoms with E-state index in [-0.39, 0.29) is 11.8 Å². The number of nitrogens with two attached hydrogens (primary N) is 2. The quantitative estimate of drug-likeness (QED) is 0.394. The van der Waals surface area contributed by atoms with E-state index in [2.05, 4.69) is 0 Å². The molecule has 0 fully saturated rings. The lowest BCUT2D eigenvalue weighted by atomic mass is 10.1. The SMILES string of the molecule is Nc1ccc(O)c2c1CC[C@H]2N. The number of phenols is 1. The summed E-state index contributed by atoms with van der Waals surface area (Å²) in [5.41, 5.74) is 14.2. The van der Waals surface area contributed by atoms with Gasteiger partial charge in [-0.3, -0.25) is 0 Å². The summed E-state index contributed by atoms with van der Waals surface area (Å²) in [5.74, 6) is 0.282. The second-order valence-corrected chi connectivity index (χ2v) is 3.21. The number of nitrogen functional groups attached to an aromatic ring is 1. The number of aromatic hydroxyl groups is 1. The number of benzene rings is 1. The minimum absolute atomic E-state index is 0.0384. The lowest BCUT2D eigenvalue weighted by Crippen LogP contribution is -2.05. The maximum Gasteiger partial charge on any atom is 0.120 e. The molecule has 1 aromatic rings. The van der Waals surface area contributed by atoms with E-state index in [9.17, 15) is 5.11 Å². The van der Waals surface area contributed by atoms with Gasteiger partial charge >= 0.3 is 0 Å². The van der Waals surface area contributed by atoms with Crippen LogP contribution in [0.15, 0.2) is 12.1 Å². The van der Waals surface area contributed by atoms with Crippen molar-refractivity contribution in [2.75, 3.05) is 5.73 Å². The van der Waals surface area contributed by atoms with Gasteiger partial charge in [0.1, 0.15) is 5.75 Å². The fraction of sp³-hybridized carbons (Fsp3) is 0.333. The monoisotopic (exact) mass is 164 g/mol. The Morgan fingerprint density at radius 2 is 2.17 bits per heavy atom. The maximum absolute atomic E-state index is 9.49. The Hall–Kier alpha value is -1.22. The van der Waals surface area contributed by atoms with E-state index in [4.69, 9.17) is 11.5 Å². The average Bonchev–Trinajstić information content (AvgIpc) is 2.42. The van der Waals surface area contributed by atoms with Crippen molar-refractivity contribution < 1.29 is 5.11 Å². The summed E-state index contributed by atoms with van der Waals surface area (Å²) in [6.45, 7) is 0. The smallest absolute Gasteiger partial charge is 0.120 e. The molecule has 5 N–H and O–H groups in total. The zero-order chi connectivity index (χ0) is 8.72. The van der Waals surface area contributed by atoms with Gasteiger partial charge in [-0.05, 0) is 30.5 Å². The lowest BCUT2D eigenvalue weighted by molar-refractivity contribution is 0.464. The third-order valence-corrected chi connectivity index (χ3v) is 2.45. The first-order valence-corrected chi connectivity index (χ1v) is 4.06. The molecular weight excluding hydrogens is 152 g/mol. The first-order chi connectivity index (χ1) is 5.70. The molecule has 1 aliphatic rings. The van der Waals surface area contributed by atoms with Gasteiger partial charge in [0, 0.05) is 17.3 Å². The van der Waals surface area contributed by atoms with E-state index in [0.29, 0.717) is 0 Å². The molecule has 0 bridgehead atoms. The summed E-state index contributed by atoms with van der Waals surface area (Å²) >= 11 is 0. The highest BCUT2D eigenvalue weighted by Gasteiger charge is 2.23. The normalized spacial score (nSPS) is 20.9. The van der Waals surface area contributed by atoms with Crippen LogP contribution in [0.25, 0.3) is 0 Å². The molecule has 0 radical (unpaired) electrons. The van der Waals surface area contributed by atoms with E-state index in [0.717, 1.165) is 29.7 Å². The van der Waals surface area contributed by atoms with Crippen molar-refractivity contribution in [1.29, 1.82) is 0 Å². The Morgan fingerprint density at radius 3 is 2.83 bits per heavy atom. The third kappa shape index (κ3) is 0.865. The minimum Gasteiger partial charge on any atom is -0.508 e. The number of fused-ring (bicyclic) bond motifs is 1. The Kier molecular flexibility index (Phi) is 1.48. The van der Waals surface area contributed by atoms with Gasteiger partial charge < -0.3 is 16.6 Å². The van der Waals surface area contributed by atoms with Gasteiger partial charge in [0.2, 0.25) is 0 Å². The van der Waals surface area contributed by atoms with Crippen LogP contribution in [0.3, 0.4) is 0 Å².